The van der Waals surface area contributed by atoms with Gasteiger partial charge in [-0.25, -0.2) is 14.2 Å². The van der Waals surface area contributed by atoms with Crippen molar-refractivity contribution in [1.29, 1.82) is 0 Å². The van der Waals surface area contributed by atoms with E-state index in [1.807, 2.05) is 13.8 Å². The number of carbonyl (C=O) groups is 1. The third kappa shape index (κ3) is 3.45. The molecule has 0 saturated carbocycles. The highest BCUT2D eigenvalue weighted by molar-refractivity contribution is 6.05. The topological polar surface area (TPSA) is 96.9 Å². The van der Waals surface area contributed by atoms with Crippen LogP contribution in [0.15, 0.2) is 39.9 Å². The summed E-state index contributed by atoms with van der Waals surface area (Å²) in [5.41, 5.74) is -0.737. The monoisotopic (exact) mass is 384 g/mol. The molecule has 3 aromatic rings. The number of aromatic nitrogens is 3. The fourth-order valence-corrected chi connectivity index (χ4v) is 3.14. The van der Waals surface area contributed by atoms with E-state index in [-0.39, 0.29) is 29.0 Å². The van der Waals surface area contributed by atoms with Crippen molar-refractivity contribution in [1.82, 2.24) is 19.9 Å². The van der Waals surface area contributed by atoms with E-state index in [9.17, 15) is 18.8 Å². The van der Waals surface area contributed by atoms with Gasteiger partial charge in [0.2, 0.25) is 0 Å². The van der Waals surface area contributed by atoms with Crippen LogP contribution in [0, 0.1) is 12.7 Å². The molecule has 2 aromatic heterocycles. The lowest BCUT2D eigenvalue weighted by Crippen LogP contribution is -2.38. The van der Waals surface area contributed by atoms with Crippen LogP contribution < -0.4 is 16.6 Å². The minimum Gasteiger partial charge on any atom is -0.351 e. The van der Waals surface area contributed by atoms with Crippen LogP contribution in [0.25, 0.3) is 11.0 Å². The fraction of sp³-hybridized carbons (Fsp3) is 0.300. The first-order valence-electron chi connectivity index (χ1n) is 8.75. The van der Waals surface area contributed by atoms with Crippen molar-refractivity contribution in [2.75, 3.05) is 6.54 Å². The number of amides is 1. The number of rotatable bonds is 4. The minimum atomic E-state index is -0.677. The smallest absolute Gasteiger partial charge is 0.329 e. The van der Waals surface area contributed by atoms with E-state index in [1.165, 1.54) is 23.7 Å². The Hall–Kier alpha value is -3.29. The molecule has 2 heterocycles. The predicted molar refractivity (Wildman–Crippen MR) is 104 cm³/mol. The molecule has 28 heavy (non-hydrogen) atoms. The number of nitrogens with zero attached hydrogens (tertiary/aromatic N) is 2. The van der Waals surface area contributed by atoms with Crippen molar-refractivity contribution in [2.24, 2.45) is 7.05 Å². The van der Waals surface area contributed by atoms with Crippen molar-refractivity contribution in [3.05, 3.63) is 73.8 Å². The Morgan fingerprint density at radius 3 is 2.64 bits per heavy atom. The Balaban J connectivity index is 1.99. The van der Waals surface area contributed by atoms with Gasteiger partial charge in [0.1, 0.15) is 11.5 Å². The van der Waals surface area contributed by atoms with E-state index in [2.05, 4.69) is 15.3 Å². The van der Waals surface area contributed by atoms with Crippen LogP contribution in [0.4, 0.5) is 4.39 Å². The molecule has 0 aliphatic heterocycles. The lowest BCUT2D eigenvalue weighted by molar-refractivity contribution is 0.0946. The first-order valence-corrected chi connectivity index (χ1v) is 8.75. The molecule has 0 fully saturated rings. The van der Waals surface area contributed by atoms with Crippen molar-refractivity contribution in [3.63, 3.8) is 0 Å². The van der Waals surface area contributed by atoms with Gasteiger partial charge in [-0.05, 0) is 24.6 Å². The van der Waals surface area contributed by atoms with Gasteiger partial charge in [-0.3, -0.25) is 19.1 Å². The molecule has 0 radical (unpaired) electrons. The Morgan fingerprint density at radius 1 is 1.29 bits per heavy atom. The maximum atomic E-state index is 14.1. The second kappa shape index (κ2) is 7.03. The van der Waals surface area contributed by atoms with Gasteiger partial charge in [-0.1, -0.05) is 32.0 Å². The molecule has 8 heteroatoms. The van der Waals surface area contributed by atoms with Gasteiger partial charge in [0.25, 0.3) is 11.5 Å². The summed E-state index contributed by atoms with van der Waals surface area (Å²) in [6, 6.07) is 7.89. The zero-order valence-corrected chi connectivity index (χ0v) is 16.1. The number of pyridine rings is 1. The molecule has 0 bridgehead atoms. The first-order chi connectivity index (χ1) is 13.1. The summed E-state index contributed by atoms with van der Waals surface area (Å²) in [4.78, 5) is 43.4. The molecule has 146 valence electrons. The number of fused-ring (bicyclic) bond motifs is 1. The summed E-state index contributed by atoms with van der Waals surface area (Å²) >= 11 is 0. The Kier molecular flexibility index (Phi) is 4.89. The van der Waals surface area contributed by atoms with Gasteiger partial charge in [-0.15, -0.1) is 0 Å². The molecule has 3 rings (SSSR count). The predicted octanol–water partition coefficient (Wildman–Crippen LogP) is 1.78. The number of H-pyrrole nitrogens is 1. The van der Waals surface area contributed by atoms with Crippen LogP contribution in [0.3, 0.4) is 0 Å². The van der Waals surface area contributed by atoms with Gasteiger partial charge >= 0.3 is 5.69 Å². The van der Waals surface area contributed by atoms with Gasteiger partial charge in [0, 0.05) is 24.7 Å². The molecule has 0 unspecified atom stereocenters. The van der Waals surface area contributed by atoms with E-state index in [1.54, 1.807) is 25.1 Å². The normalized spacial score (nSPS) is 11.6. The number of nitrogens with one attached hydrogen (secondary N) is 2. The molecule has 7 nitrogen and oxygen atoms in total. The Bertz CT molecular complexity index is 1190. The molecule has 0 aliphatic carbocycles. The SMILES string of the molecule is Cc1cc(C(=O)NCC(C)(C)c2ccccc2F)c2c(=O)[nH]c(=O)n(C)c2n1. The molecular formula is C20H21FN4O3. The fourth-order valence-electron chi connectivity index (χ4n) is 3.14. The molecule has 2 N–H and O–H groups in total. The second-order valence-electron chi connectivity index (χ2n) is 7.37. The van der Waals surface area contributed by atoms with Crippen LogP contribution in [-0.2, 0) is 12.5 Å². The molecule has 1 amide bonds. The number of aryl methyl sites for hydroxylation is 2. The van der Waals surface area contributed by atoms with E-state index in [0.717, 1.165) is 0 Å². The van der Waals surface area contributed by atoms with Crippen molar-refractivity contribution < 1.29 is 9.18 Å². The number of hydrogen-bond acceptors (Lipinski definition) is 4. The number of hydrogen-bond donors (Lipinski definition) is 2. The average Bonchev–Trinajstić information content (AvgIpc) is 2.63. The van der Waals surface area contributed by atoms with Crippen LogP contribution in [-0.4, -0.2) is 27.0 Å². The molecule has 0 atom stereocenters. The largest absolute Gasteiger partial charge is 0.351 e. The van der Waals surface area contributed by atoms with Crippen LogP contribution in [0.1, 0.15) is 35.5 Å². The van der Waals surface area contributed by atoms with Crippen LogP contribution in [0.5, 0.6) is 0 Å². The van der Waals surface area contributed by atoms with E-state index in [0.29, 0.717) is 11.3 Å². The van der Waals surface area contributed by atoms with E-state index < -0.39 is 22.6 Å². The first kappa shape index (κ1) is 19.5. The van der Waals surface area contributed by atoms with E-state index in [4.69, 9.17) is 0 Å². The summed E-state index contributed by atoms with van der Waals surface area (Å²) in [5, 5.41) is 2.81. The lowest BCUT2D eigenvalue weighted by atomic mass is 9.84. The van der Waals surface area contributed by atoms with Gasteiger partial charge < -0.3 is 5.32 Å². The molecular weight excluding hydrogens is 363 g/mol. The molecule has 0 spiro atoms. The number of halogens is 1. The highest BCUT2D eigenvalue weighted by Gasteiger charge is 2.26. The molecule has 0 saturated heterocycles. The molecule has 1 aromatic carbocycles. The zero-order valence-electron chi connectivity index (χ0n) is 16.1. The Morgan fingerprint density at radius 2 is 1.96 bits per heavy atom. The molecule has 0 aliphatic rings. The van der Waals surface area contributed by atoms with Crippen LogP contribution >= 0.6 is 0 Å². The van der Waals surface area contributed by atoms with Crippen molar-refractivity contribution >= 4 is 16.9 Å². The summed E-state index contributed by atoms with van der Waals surface area (Å²) < 4.78 is 15.3. The van der Waals surface area contributed by atoms with Gasteiger partial charge in [0.15, 0.2) is 0 Å². The number of aromatic amines is 1. The summed E-state index contributed by atoms with van der Waals surface area (Å²) in [7, 11) is 1.47. The lowest BCUT2D eigenvalue weighted by Gasteiger charge is -2.26. The quantitative estimate of drug-likeness (QED) is 0.717. The summed E-state index contributed by atoms with van der Waals surface area (Å²) in [6.45, 7) is 5.46. The maximum absolute atomic E-state index is 14.1. The van der Waals surface area contributed by atoms with Crippen molar-refractivity contribution in [3.8, 4) is 0 Å². The Labute approximate surface area is 160 Å². The number of benzene rings is 1. The standard InChI is InChI=1S/C20H21FN4O3/c1-11-9-12(15-16(23-11)25(4)19(28)24-18(15)27)17(26)22-10-20(2,3)13-7-5-6-8-14(13)21/h5-9H,10H2,1-4H3,(H,22,26)(H,24,27,28). The number of carbonyl (C=O) groups excluding carboxylic acids is 1. The average molecular weight is 384 g/mol. The summed E-state index contributed by atoms with van der Waals surface area (Å²) in [6.07, 6.45) is 0. The zero-order chi connectivity index (χ0) is 20.6. The third-order valence-electron chi connectivity index (χ3n) is 4.74. The van der Waals surface area contributed by atoms with Gasteiger partial charge in [-0.2, -0.15) is 0 Å². The minimum absolute atomic E-state index is 0.0360. The third-order valence-corrected chi connectivity index (χ3v) is 4.74. The van der Waals surface area contributed by atoms with Gasteiger partial charge in [0.05, 0.1) is 10.9 Å². The van der Waals surface area contributed by atoms with E-state index >= 15 is 0 Å². The second-order valence-corrected chi connectivity index (χ2v) is 7.37. The highest BCUT2D eigenvalue weighted by Crippen LogP contribution is 2.25. The maximum Gasteiger partial charge on any atom is 0.329 e. The van der Waals surface area contributed by atoms with Crippen LogP contribution in [0.2, 0.25) is 0 Å². The van der Waals surface area contributed by atoms with Crippen molar-refractivity contribution in [2.45, 2.75) is 26.2 Å². The summed E-state index contributed by atoms with van der Waals surface area (Å²) in [5.74, 6) is -0.845. The highest BCUT2D eigenvalue weighted by atomic mass is 19.1.